The van der Waals surface area contributed by atoms with Gasteiger partial charge in [0.2, 0.25) is 11.8 Å². The summed E-state index contributed by atoms with van der Waals surface area (Å²) in [6.07, 6.45) is 7.06. The zero-order valence-electron chi connectivity index (χ0n) is 14.5. The third-order valence-corrected chi connectivity index (χ3v) is 4.71. The van der Waals surface area contributed by atoms with Crippen LogP contribution in [0.2, 0.25) is 0 Å². The predicted molar refractivity (Wildman–Crippen MR) is 98.1 cm³/mol. The van der Waals surface area contributed by atoms with Crippen LogP contribution in [0.15, 0.2) is 30.3 Å². The van der Waals surface area contributed by atoms with Crippen LogP contribution >= 0.6 is 0 Å². The number of carbonyl (C=O) groups is 1. The SMILES string of the molecule is C#CCN1CCC(C(=O)NCc2cc(OC)nc3ccccc23)CC1. The van der Waals surface area contributed by atoms with E-state index in [1.165, 1.54) is 0 Å². The van der Waals surface area contributed by atoms with Gasteiger partial charge in [-0.2, -0.15) is 0 Å². The Kier molecular flexibility index (Phi) is 5.52. The van der Waals surface area contributed by atoms with Crippen LogP contribution in [-0.2, 0) is 11.3 Å². The Morgan fingerprint density at radius 2 is 2.16 bits per heavy atom. The van der Waals surface area contributed by atoms with Crippen molar-refractivity contribution in [3.8, 4) is 18.2 Å². The summed E-state index contributed by atoms with van der Waals surface area (Å²) in [5, 5.41) is 4.11. The summed E-state index contributed by atoms with van der Waals surface area (Å²) in [5.41, 5.74) is 1.88. The number of hydrogen-bond donors (Lipinski definition) is 1. The molecular weight excluding hydrogens is 314 g/mol. The van der Waals surface area contributed by atoms with Crippen LogP contribution in [0.4, 0.5) is 0 Å². The van der Waals surface area contributed by atoms with Gasteiger partial charge < -0.3 is 10.1 Å². The minimum atomic E-state index is 0.0593. The molecule has 3 rings (SSSR count). The molecule has 5 heteroatoms. The molecule has 25 heavy (non-hydrogen) atoms. The lowest BCUT2D eigenvalue weighted by Gasteiger charge is -2.29. The number of aromatic nitrogens is 1. The Morgan fingerprint density at radius 1 is 1.40 bits per heavy atom. The van der Waals surface area contributed by atoms with E-state index in [0.717, 1.165) is 42.4 Å². The van der Waals surface area contributed by atoms with E-state index in [-0.39, 0.29) is 11.8 Å². The molecule has 0 aliphatic carbocycles. The lowest BCUT2D eigenvalue weighted by molar-refractivity contribution is -0.126. The second-order valence-corrected chi connectivity index (χ2v) is 6.31. The maximum Gasteiger partial charge on any atom is 0.223 e. The zero-order valence-corrected chi connectivity index (χ0v) is 14.5. The van der Waals surface area contributed by atoms with Gasteiger partial charge >= 0.3 is 0 Å². The monoisotopic (exact) mass is 337 g/mol. The fourth-order valence-electron chi connectivity index (χ4n) is 3.28. The zero-order chi connectivity index (χ0) is 17.6. The van der Waals surface area contributed by atoms with Crippen molar-refractivity contribution >= 4 is 16.8 Å². The van der Waals surface area contributed by atoms with Crippen molar-refractivity contribution < 1.29 is 9.53 Å². The first-order chi connectivity index (χ1) is 12.2. The summed E-state index contributed by atoms with van der Waals surface area (Å²) in [6, 6.07) is 9.77. The Bertz CT molecular complexity index is 789. The first kappa shape index (κ1) is 17.2. The van der Waals surface area contributed by atoms with Crippen molar-refractivity contribution in [1.82, 2.24) is 15.2 Å². The van der Waals surface area contributed by atoms with Gasteiger partial charge in [-0.15, -0.1) is 6.42 Å². The molecule has 0 atom stereocenters. The number of fused-ring (bicyclic) bond motifs is 1. The van der Waals surface area contributed by atoms with Gasteiger partial charge in [-0.05, 0) is 37.6 Å². The van der Waals surface area contributed by atoms with Gasteiger partial charge in [-0.25, -0.2) is 4.98 Å². The summed E-state index contributed by atoms with van der Waals surface area (Å²) in [6.45, 7) is 2.91. The van der Waals surface area contributed by atoms with Crippen molar-refractivity contribution in [2.45, 2.75) is 19.4 Å². The highest BCUT2D eigenvalue weighted by molar-refractivity contribution is 5.84. The molecule has 0 unspecified atom stereocenters. The van der Waals surface area contributed by atoms with Gasteiger partial charge in [-0.3, -0.25) is 9.69 Å². The van der Waals surface area contributed by atoms with E-state index in [1.54, 1.807) is 7.11 Å². The summed E-state index contributed by atoms with van der Waals surface area (Å²) in [7, 11) is 1.60. The Balaban J connectivity index is 1.65. The molecule has 0 saturated carbocycles. The van der Waals surface area contributed by atoms with Crippen LogP contribution in [0.5, 0.6) is 5.88 Å². The number of pyridine rings is 1. The number of hydrogen-bond acceptors (Lipinski definition) is 4. The third kappa shape index (κ3) is 4.09. The summed E-state index contributed by atoms with van der Waals surface area (Å²) >= 11 is 0. The second kappa shape index (κ2) is 8.00. The second-order valence-electron chi connectivity index (χ2n) is 6.31. The molecule has 1 amide bonds. The maximum atomic E-state index is 12.5. The van der Waals surface area contributed by atoms with Gasteiger partial charge in [-0.1, -0.05) is 24.1 Å². The lowest BCUT2D eigenvalue weighted by Crippen LogP contribution is -2.40. The standard InChI is InChI=1S/C20H23N3O2/c1-3-10-23-11-8-15(9-12-23)20(24)21-14-16-13-19(25-2)22-18-7-5-4-6-17(16)18/h1,4-7,13,15H,8-12,14H2,2H3,(H,21,24). The number of piperidine rings is 1. The quantitative estimate of drug-likeness (QED) is 0.850. The van der Waals surface area contributed by atoms with E-state index in [1.807, 2.05) is 30.3 Å². The lowest BCUT2D eigenvalue weighted by atomic mass is 9.96. The van der Waals surface area contributed by atoms with Crippen molar-refractivity contribution in [1.29, 1.82) is 0 Å². The average molecular weight is 337 g/mol. The van der Waals surface area contributed by atoms with Crippen LogP contribution in [0.25, 0.3) is 10.9 Å². The molecule has 1 N–H and O–H groups in total. The van der Waals surface area contributed by atoms with E-state index in [9.17, 15) is 4.79 Å². The third-order valence-electron chi connectivity index (χ3n) is 4.71. The first-order valence-corrected chi connectivity index (χ1v) is 8.57. The number of ether oxygens (including phenoxy) is 1. The number of likely N-dealkylation sites (tertiary alicyclic amines) is 1. The van der Waals surface area contributed by atoms with Gasteiger partial charge in [0.1, 0.15) is 0 Å². The van der Waals surface area contributed by atoms with Gasteiger partial charge in [0.15, 0.2) is 0 Å². The van der Waals surface area contributed by atoms with Crippen LogP contribution in [0.3, 0.4) is 0 Å². The minimum absolute atomic E-state index is 0.0593. The maximum absolute atomic E-state index is 12.5. The number of methoxy groups -OCH3 is 1. The topological polar surface area (TPSA) is 54.5 Å². The molecule has 130 valence electrons. The van der Waals surface area contributed by atoms with E-state index >= 15 is 0 Å². The predicted octanol–water partition coefficient (Wildman–Crippen LogP) is 2.20. The Labute approximate surface area is 148 Å². The Morgan fingerprint density at radius 3 is 2.88 bits per heavy atom. The van der Waals surface area contributed by atoms with Crippen molar-refractivity contribution in [2.24, 2.45) is 5.92 Å². The van der Waals surface area contributed by atoms with Crippen molar-refractivity contribution in [2.75, 3.05) is 26.7 Å². The molecule has 2 aromatic rings. The molecule has 5 nitrogen and oxygen atoms in total. The van der Waals surface area contributed by atoms with Gasteiger partial charge in [0.05, 0.1) is 19.2 Å². The molecule has 1 aromatic heterocycles. The van der Waals surface area contributed by atoms with E-state index in [0.29, 0.717) is 19.0 Å². The normalized spacial score (nSPS) is 15.7. The summed E-state index contributed by atoms with van der Waals surface area (Å²) < 4.78 is 5.28. The summed E-state index contributed by atoms with van der Waals surface area (Å²) in [5.74, 6) is 3.39. The van der Waals surface area contributed by atoms with Crippen molar-refractivity contribution in [3.63, 3.8) is 0 Å². The van der Waals surface area contributed by atoms with Crippen molar-refractivity contribution in [3.05, 3.63) is 35.9 Å². The fraction of sp³-hybridized carbons (Fsp3) is 0.400. The molecule has 0 radical (unpaired) electrons. The number of carbonyl (C=O) groups excluding carboxylic acids is 1. The first-order valence-electron chi connectivity index (χ1n) is 8.57. The molecule has 0 bridgehead atoms. The molecule has 1 aliphatic heterocycles. The van der Waals surface area contributed by atoms with Gasteiger partial charge in [0, 0.05) is 23.9 Å². The van der Waals surface area contributed by atoms with Crippen LogP contribution in [0, 0.1) is 18.3 Å². The summed E-state index contributed by atoms with van der Waals surface area (Å²) in [4.78, 5) is 19.2. The smallest absolute Gasteiger partial charge is 0.223 e. The molecule has 1 saturated heterocycles. The Hall–Kier alpha value is -2.58. The average Bonchev–Trinajstić information content (AvgIpc) is 2.66. The highest BCUT2D eigenvalue weighted by Gasteiger charge is 2.24. The van der Waals surface area contributed by atoms with E-state index < -0.39 is 0 Å². The molecule has 1 fully saturated rings. The van der Waals surface area contributed by atoms with Crippen LogP contribution < -0.4 is 10.1 Å². The fourth-order valence-corrected chi connectivity index (χ4v) is 3.28. The highest BCUT2D eigenvalue weighted by atomic mass is 16.5. The molecule has 1 aliphatic rings. The number of nitrogens with zero attached hydrogens (tertiary/aromatic N) is 2. The number of rotatable bonds is 5. The molecule has 1 aromatic carbocycles. The number of nitrogens with one attached hydrogen (secondary N) is 1. The van der Waals surface area contributed by atoms with Crippen LogP contribution in [-0.4, -0.2) is 42.5 Å². The number of amides is 1. The number of benzene rings is 1. The molecule has 2 heterocycles. The van der Waals surface area contributed by atoms with Crippen LogP contribution in [0.1, 0.15) is 18.4 Å². The van der Waals surface area contributed by atoms with E-state index in [2.05, 4.69) is 21.1 Å². The minimum Gasteiger partial charge on any atom is -0.481 e. The largest absolute Gasteiger partial charge is 0.481 e. The number of terminal acetylenes is 1. The van der Waals surface area contributed by atoms with Gasteiger partial charge in [0.25, 0.3) is 0 Å². The highest BCUT2D eigenvalue weighted by Crippen LogP contribution is 2.22. The molecule has 0 spiro atoms. The van der Waals surface area contributed by atoms with E-state index in [4.69, 9.17) is 11.2 Å². The number of para-hydroxylation sites is 1. The molecular formula is C20H23N3O2.